The number of hydrogen-bond donors (Lipinski definition) is 1. The molecule has 1 unspecified atom stereocenters. The Morgan fingerprint density at radius 3 is 2.06 bits per heavy atom. The highest BCUT2D eigenvalue weighted by atomic mass is 32.2. The van der Waals surface area contributed by atoms with Crippen LogP contribution < -0.4 is 0 Å². The first-order chi connectivity index (χ1) is 7.95. The molecule has 0 aromatic heterocycles. The summed E-state index contributed by atoms with van der Waals surface area (Å²) in [6, 6.07) is 0. The lowest BCUT2D eigenvalue weighted by atomic mass is 9.79. The highest BCUT2D eigenvalue weighted by Crippen LogP contribution is 2.32. The number of unbranched alkanes of at least 4 members (excludes halogenated alkanes) is 1. The summed E-state index contributed by atoms with van der Waals surface area (Å²) in [5, 5.41) is 9.54. The minimum absolute atomic E-state index is 0.102. The van der Waals surface area contributed by atoms with Crippen molar-refractivity contribution in [2.24, 2.45) is 5.41 Å². The van der Waals surface area contributed by atoms with Crippen molar-refractivity contribution < 1.29 is 13.5 Å². The molecule has 0 bridgehead atoms. The van der Waals surface area contributed by atoms with E-state index in [4.69, 9.17) is 0 Å². The molecule has 0 radical (unpaired) electrons. The van der Waals surface area contributed by atoms with Crippen LogP contribution in [0.1, 0.15) is 59.3 Å². The zero-order valence-electron chi connectivity index (χ0n) is 11.5. The summed E-state index contributed by atoms with van der Waals surface area (Å²) in [6.45, 7) is 6.14. The fourth-order valence-electron chi connectivity index (χ4n) is 2.09. The molecule has 0 saturated heterocycles. The van der Waals surface area contributed by atoms with Crippen molar-refractivity contribution in [2.45, 2.75) is 59.3 Å². The predicted molar refractivity (Wildman–Crippen MR) is 72.9 cm³/mol. The Kier molecular flexibility index (Phi) is 8.05. The summed E-state index contributed by atoms with van der Waals surface area (Å²) in [5.74, 6) is 0.491. The van der Waals surface area contributed by atoms with Crippen molar-refractivity contribution in [1.29, 1.82) is 0 Å². The molecule has 1 N–H and O–H groups in total. The van der Waals surface area contributed by atoms with Gasteiger partial charge in [-0.3, -0.25) is 0 Å². The van der Waals surface area contributed by atoms with E-state index in [-0.39, 0.29) is 23.5 Å². The van der Waals surface area contributed by atoms with Gasteiger partial charge in [0.2, 0.25) is 0 Å². The summed E-state index contributed by atoms with van der Waals surface area (Å²) in [6.07, 6.45) is 5.20. The molecule has 0 aliphatic carbocycles. The Morgan fingerprint density at radius 2 is 1.65 bits per heavy atom. The van der Waals surface area contributed by atoms with Gasteiger partial charge in [0.1, 0.15) is 9.84 Å². The molecule has 17 heavy (non-hydrogen) atoms. The van der Waals surface area contributed by atoms with Crippen LogP contribution in [-0.2, 0) is 9.84 Å². The average molecular weight is 264 g/mol. The summed E-state index contributed by atoms with van der Waals surface area (Å²) >= 11 is 0. The molecule has 3 nitrogen and oxygen atoms in total. The van der Waals surface area contributed by atoms with Gasteiger partial charge in [-0.25, -0.2) is 8.42 Å². The Bertz CT molecular complexity index is 279. The van der Waals surface area contributed by atoms with Crippen LogP contribution in [0, 0.1) is 5.41 Å². The van der Waals surface area contributed by atoms with Gasteiger partial charge in [0.05, 0.1) is 5.75 Å². The molecule has 4 heteroatoms. The van der Waals surface area contributed by atoms with Crippen LogP contribution in [0.3, 0.4) is 0 Å². The smallest absolute Gasteiger partial charge is 0.150 e. The van der Waals surface area contributed by atoms with Gasteiger partial charge >= 0.3 is 0 Å². The summed E-state index contributed by atoms with van der Waals surface area (Å²) in [4.78, 5) is 0. The fourth-order valence-corrected chi connectivity index (χ4v) is 3.66. The molecule has 1 atom stereocenters. The van der Waals surface area contributed by atoms with Crippen molar-refractivity contribution in [3.63, 3.8) is 0 Å². The molecule has 0 spiro atoms. The Labute approximate surface area is 107 Å². The monoisotopic (exact) mass is 264 g/mol. The Hall–Kier alpha value is -0.0900. The molecule has 0 aliphatic rings. The number of hydrogen-bond acceptors (Lipinski definition) is 3. The van der Waals surface area contributed by atoms with Gasteiger partial charge in [0.15, 0.2) is 0 Å². The third-order valence-corrected chi connectivity index (χ3v) is 5.46. The molecular weight excluding hydrogens is 236 g/mol. The van der Waals surface area contributed by atoms with Gasteiger partial charge < -0.3 is 5.11 Å². The van der Waals surface area contributed by atoms with Gasteiger partial charge in [0, 0.05) is 12.4 Å². The minimum atomic E-state index is -2.92. The quantitative estimate of drug-likeness (QED) is 0.660. The first-order valence-corrected chi connectivity index (χ1v) is 8.58. The van der Waals surface area contributed by atoms with Gasteiger partial charge in [-0.15, -0.1) is 0 Å². The van der Waals surface area contributed by atoms with E-state index in [9.17, 15) is 13.5 Å². The number of aliphatic hydroxyl groups is 1. The summed E-state index contributed by atoms with van der Waals surface area (Å²) < 4.78 is 23.4. The number of aliphatic hydroxyl groups excluding tert-OH is 1. The number of rotatable bonds is 10. The van der Waals surface area contributed by atoms with E-state index in [1.54, 1.807) is 0 Å². The average Bonchev–Trinajstić information content (AvgIpc) is 2.30. The van der Waals surface area contributed by atoms with Gasteiger partial charge in [-0.05, 0) is 31.1 Å². The molecule has 0 rings (SSSR count). The Balaban J connectivity index is 4.44. The standard InChI is InChI=1S/C13H28O3S/c1-4-7-8-13(6-3,12-14)9-11-17(15,16)10-5-2/h14H,4-12H2,1-3H3. The molecule has 0 saturated carbocycles. The van der Waals surface area contributed by atoms with Crippen LogP contribution in [0.2, 0.25) is 0 Å². The van der Waals surface area contributed by atoms with Crippen LogP contribution >= 0.6 is 0 Å². The van der Waals surface area contributed by atoms with Crippen molar-refractivity contribution in [3.05, 3.63) is 0 Å². The van der Waals surface area contributed by atoms with E-state index < -0.39 is 9.84 Å². The van der Waals surface area contributed by atoms with Crippen molar-refractivity contribution in [3.8, 4) is 0 Å². The maximum atomic E-state index is 11.7. The normalized spacial score (nSPS) is 15.8. The molecule has 0 heterocycles. The minimum Gasteiger partial charge on any atom is -0.396 e. The predicted octanol–water partition coefficient (Wildman–Crippen LogP) is 2.78. The molecular formula is C13H28O3S. The van der Waals surface area contributed by atoms with E-state index in [1.807, 2.05) is 13.8 Å². The highest BCUT2D eigenvalue weighted by molar-refractivity contribution is 7.91. The zero-order valence-corrected chi connectivity index (χ0v) is 12.4. The van der Waals surface area contributed by atoms with Crippen LogP contribution in [0.15, 0.2) is 0 Å². The van der Waals surface area contributed by atoms with E-state index in [2.05, 4.69) is 6.92 Å². The SMILES string of the molecule is CCCCC(CC)(CO)CCS(=O)(=O)CCC. The van der Waals surface area contributed by atoms with Crippen LogP contribution in [-0.4, -0.2) is 31.6 Å². The van der Waals surface area contributed by atoms with Crippen molar-refractivity contribution in [2.75, 3.05) is 18.1 Å². The lowest BCUT2D eigenvalue weighted by Gasteiger charge is -2.30. The second-order valence-electron chi connectivity index (χ2n) is 5.02. The molecule has 0 aliphatic heterocycles. The second-order valence-corrected chi connectivity index (χ2v) is 7.32. The van der Waals surface area contributed by atoms with Crippen LogP contribution in [0.25, 0.3) is 0 Å². The molecule has 0 aromatic rings. The first-order valence-electron chi connectivity index (χ1n) is 6.76. The zero-order chi connectivity index (χ0) is 13.4. The maximum Gasteiger partial charge on any atom is 0.150 e. The van der Waals surface area contributed by atoms with Gasteiger partial charge in [0.25, 0.3) is 0 Å². The maximum absolute atomic E-state index is 11.7. The Morgan fingerprint density at radius 1 is 1.00 bits per heavy atom. The fraction of sp³-hybridized carbons (Fsp3) is 1.00. The molecule has 0 aromatic carbocycles. The van der Waals surface area contributed by atoms with Crippen LogP contribution in [0.5, 0.6) is 0 Å². The third-order valence-electron chi connectivity index (χ3n) is 3.60. The van der Waals surface area contributed by atoms with Crippen molar-refractivity contribution in [1.82, 2.24) is 0 Å². The van der Waals surface area contributed by atoms with E-state index in [0.29, 0.717) is 12.8 Å². The summed E-state index contributed by atoms with van der Waals surface area (Å²) in [5.41, 5.74) is -0.184. The molecule has 104 valence electrons. The highest BCUT2D eigenvalue weighted by Gasteiger charge is 2.28. The van der Waals surface area contributed by atoms with Gasteiger partial charge in [-0.1, -0.05) is 33.6 Å². The lowest BCUT2D eigenvalue weighted by Crippen LogP contribution is -2.28. The van der Waals surface area contributed by atoms with Crippen LogP contribution in [0.4, 0.5) is 0 Å². The number of sulfone groups is 1. The molecule has 0 amide bonds. The van der Waals surface area contributed by atoms with E-state index in [1.165, 1.54) is 0 Å². The van der Waals surface area contributed by atoms with E-state index in [0.717, 1.165) is 25.7 Å². The topological polar surface area (TPSA) is 54.4 Å². The second kappa shape index (κ2) is 8.09. The summed E-state index contributed by atoms with van der Waals surface area (Å²) in [7, 11) is -2.92. The van der Waals surface area contributed by atoms with Gasteiger partial charge in [-0.2, -0.15) is 0 Å². The van der Waals surface area contributed by atoms with Crippen molar-refractivity contribution >= 4 is 9.84 Å². The van der Waals surface area contributed by atoms with E-state index >= 15 is 0 Å². The molecule has 0 fully saturated rings. The third kappa shape index (κ3) is 6.41. The lowest BCUT2D eigenvalue weighted by molar-refractivity contribution is 0.103. The largest absolute Gasteiger partial charge is 0.396 e. The first kappa shape index (κ1) is 16.9.